The van der Waals surface area contributed by atoms with Crippen molar-refractivity contribution in [3.8, 4) is 6.07 Å². The number of nitrogens with zero attached hydrogens (tertiary/aromatic N) is 2. The second-order valence-corrected chi connectivity index (χ2v) is 4.51. The Morgan fingerprint density at radius 3 is 2.85 bits per heavy atom. The molecule has 0 saturated heterocycles. The number of aromatic nitrogens is 1. The molecule has 1 heterocycles. The number of carbonyl (C=O) groups excluding carboxylic acids is 1. The molecule has 100 valence electrons. The van der Waals surface area contributed by atoms with E-state index in [1.807, 2.05) is 31.2 Å². The highest BCUT2D eigenvalue weighted by Gasteiger charge is 2.07. The average Bonchev–Trinajstić information content (AvgIpc) is 2.47. The summed E-state index contributed by atoms with van der Waals surface area (Å²) in [5.41, 5.74) is 2.91. The Morgan fingerprint density at radius 2 is 2.10 bits per heavy atom. The third kappa shape index (κ3) is 3.66. The van der Waals surface area contributed by atoms with E-state index < -0.39 is 0 Å². The van der Waals surface area contributed by atoms with Crippen molar-refractivity contribution in [3.05, 3.63) is 65.0 Å². The van der Waals surface area contributed by atoms with E-state index in [-0.39, 0.29) is 17.3 Å². The molecule has 0 spiro atoms. The van der Waals surface area contributed by atoms with E-state index in [9.17, 15) is 4.79 Å². The number of amides is 1. The molecule has 0 unspecified atom stereocenters. The van der Waals surface area contributed by atoms with Gasteiger partial charge in [0.15, 0.2) is 0 Å². The lowest BCUT2D eigenvalue weighted by molar-refractivity contribution is 0.0949. The van der Waals surface area contributed by atoms with E-state index in [2.05, 4.69) is 16.4 Å². The van der Waals surface area contributed by atoms with Crippen molar-refractivity contribution < 1.29 is 4.79 Å². The predicted octanol–water partition coefficient (Wildman–Crippen LogP) is 2.23. The molecule has 4 nitrogen and oxygen atoms in total. The van der Waals surface area contributed by atoms with Crippen LogP contribution in [0.2, 0.25) is 0 Å². The highest BCUT2D eigenvalue weighted by Crippen LogP contribution is 2.04. The lowest BCUT2D eigenvalue weighted by Crippen LogP contribution is -2.26. The number of hydrogen-bond donors (Lipinski definition) is 1. The zero-order valence-electron chi connectivity index (χ0n) is 11.3. The van der Waals surface area contributed by atoms with E-state index >= 15 is 0 Å². The molecule has 1 amide bonds. The summed E-state index contributed by atoms with van der Waals surface area (Å²) in [4.78, 5) is 15.8. The van der Waals surface area contributed by atoms with Crippen LogP contribution in [0.3, 0.4) is 0 Å². The SMILES string of the molecule is Cc1cccc(CCNC(=O)c2cccc(C#N)n2)c1. The molecular formula is C16H15N3O. The standard InChI is InChI=1S/C16H15N3O/c1-12-4-2-5-13(10-12)8-9-18-16(20)15-7-3-6-14(11-17)19-15/h2-7,10H,8-9H2,1H3,(H,18,20). The van der Waals surface area contributed by atoms with Crippen LogP contribution in [0.4, 0.5) is 0 Å². The molecule has 0 radical (unpaired) electrons. The van der Waals surface area contributed by atoms with Gasteiger partial charge in [-0.2, -0.15) is 5.26 Å². The van der Waals surface area contributed by atoms with Gasteiger partial charge < -0.3 is 5.32 Å². The molecule has 1 N–H and O–H groups in total. The third-order valence-corrected chi connectivity index (χ3v) is 2.88. The van der Waals surface area contributed by atoms with E-state index in [1.54, 1.807) is 18.2 Å². The molecule has 0 saturated carbocycles. The summed E-state index contributed by atoms with van der Waals surface area (Å²) >= 11 is 0. The smallest absolute Gasteiger partial charge is 0.269 e. The van der Waals surface area contributed by atoms with Gasteiger partial charge in [-0.25, -0.2) is 4.98 Å². The van der Waals surface area contributed by atoms with Gasteiger partial charge in [0.05, 0.1) is 0 Å². The number of rotatable bonds is 4. The van der Waals surface area contributed by atoms with Gasteiger partial charge in [0.1, 0.15) is 17.5 Å². The molecule has 1 aromatic heterocycles. The Kier molecular flexibility index (Phi) is 4.46. The molecule has 0 fully saturated rings. The van der Waals surface area contributed by atoms with Crippen LogP contribution < -0.4 is 5.32 Å². The first-order valence-corrected chi connectivity index (χ1v) is 6.40. The highest BCUT2D eigenvalue weighted by atomic mass is 16.1. The maximum absolute atomic E-state index is 11.9. The summed E-state index contributed by atoms with van der Waals surface area (Å²) in [6, 6.07) is 14.9. The van der Waals surface area contributed by atoms with E-state index in [4.69, 9.17) is 5.26 Å². The minimum Gasteiger partial charge on any atom is -0.350 e. The van der Waals surface area contributed by atoms with Gasteiger partial charge >= 0.3 is 0 Å². The fraction of sp³-hybridized carbons (Fsp3) is 0.188. The molecule has 1 aromatic carbocycles. The molecule has 2 aromatic rings. The Balaban J connectivity index is 1.91. The predicted molar refractivity (Wildman–Crippen MR) is 76.2 cm³/mol. The number of benzene rings is 1. The maximum atomic E-state index is 11.9. The average molecular weight is 265 g/mol. The Bertz CT molecular complexity index is 659. The van der Waals surface area contributed by atoms with Crippen LogP contribution in [0.5, 0.6) is 0 Å². The largest absolute Gasteiger partial charge is 0.350 e. The minimum absolute atomic E-state index is 0.247. The number of nitrogens with one attached hydrogen (secondary N) is 1. The molecule has 0 aliphatic heterocycles. The highest BCUT2D eigenvalue weighted by molar-refractivity contribution is 5.92. The topological polar surface area (TPSA) is 65.8 Å². The summed E-state index contributed by atoms with van der Waals surface area (Å²) < 4.78 is 0. The number of carbonyl (C=O) groups is 1. The second-order valence-electron chi connectivity index (χ2n) is 4.51. The third-order valence-electron chi connectivity index (χ3n) is 2.88. The summed E-state index contributed by atoms with van der Waals surface area (Å²) in [6.45, 7) is 2.58. The number of hydrogen-bond acceptors (Lipinski definition) is 3. The first-order chi connectivity index (χ1) is 9.69. The zero-order valence-corrected chi connectivity index (χ0v) is 11.3. The van der Waals surface area contributed by atoms with Crippen molar-refractivity contribution in [3.63, 3.8) is 0 Å². The first-order valence-electron chi connectivity index (χ1n) is 6.40. The normalized spacial score (nSPS) is 9.80. The zero-order chi connectivity index (χ0) is 14.4. The number of nitriles is 1. The molecular weight excluding hydrogens is 250 g/mol. The van der Waals surface area contributed by atoms with Gasteiger partial charge in [-0.05, 0) is 31.0 Å². The van der Waals surface area contributed by atoms with Crippen molar-refractivity contribution in [2.75, 3.05) is 6.54 Å². The first kappa shape index (κ1) is 13.8. The summed E-state index contributed by atoms with van der Waals surface area (Å²) in [7, 11) is 0. The number of pyridine rings is 1. The second kappa shape index (κ2) is 6.48. The molecule has 20 heavy (non-hydrogen) atoms. The van der Waals surface area contributed by atoms with Gasteiger partial charge in [0, 0.05) is 6.54 Å². The van der Waals surface area contributed by atoms with Crippen molar-refractivity contribution in [1.29, 1.82) is 5.26 Å². The van der Waals surface area contributed by atoms with Crippen LogP contribution in [0.15, 0.2) is 42.5 Å². The van der Waals surface area contributed by atoms with Crippen molar-refractivity contribution in [2.45, 2.75) is 13.3 Å². The van der Waals surface area contributed by atoms with Gasteiger partial charge in [-0.1, -0.05) is 35.9 Å². The summed E-state index contributed by atoms with van der Waals surface area (Å²) in [5, 5.41) is 11.6. The van der Waals surface area contributed by atoms with Crippen molar-refractivity contribution in [2.24, 2.45) is 0 Å². The Labute approximate surface area is 118 Å². The van der Waals surface area contributed by atoms with Crippen LogP contribution >= 0.6 is 0 Å². The van der Waals surface area contributed by atoms with Gasteiger partial charge in [0.2, 0.25) is 0 Å². The fourth-order valence-corrected chi connectivity index (χ4v) is 1.90. The van der Waals surface area contributed by atoms with Crippen molar-refractivity contribution in [1.82, 2.24) is 10.3 Å². The molecule has 0 aliphatic carbocycles. The summed E-state index contributed by atoms with van der Waals surface area (Å²) in [5.74, 6) is -0.255. The lowest BCUT2D eigenvalue weighted by atomic mass is 10.1. The van der Waals surface area contributed by atoms with Crippen LogP contribution in [0.25, 0.3) is 0 Å². The van der Waals surface area contributed by atoms with E-state index in [0.717, 1.165) is 6.42 Å². The van der Waals surface area contributed by atoms with E-state index in [1.165, 1.54) is 11.1 Å². The van der Waals surface area contributed by atoms with Crippen LogP contribution in [-0.4, -0.2) is 17.4 Å². The molecule has 0 bridgehead atoms. The monoisotopic (exact) mass is 265 g/mol. The molecule has 0 atom stereocenters. The Morgan fingerprint density at radius 1 is 1.30 bits per heavy atom. The quantitative estimate of drug-likeness (QED) is 0.922. The molecule has 4 heteroatoms. The fourth-order valence-electron chi connectivity index (χ4n) is 1.90. The van der Waals surface area contributed by atoms with Crippen LogP contribution in [0, 0.1) is 18.3 Å². The van der Waals surface area contributed by atoms with Gasteiger partial charge in [0.25, 0.3) is 5.91 Å². The summed E-state index contributed by atoms with van der Waals surface area (Å²) in [6.07, 6.45) is 0.769. The number of aryl methyl sites for hydroxylation is 1. The lowest BCUT2D eigenvalue weighted by Gasteiger charge is -2.05. The minimum atomic E-state index is -0.255. The van der Waals surface area contributed by atoms with Gasteiger partial charge in [-0.15, -0.1) is 0 Å². The van der Waals surface area contributed by atoms with Crippen molar-refractivity contribution >= 4 is 5.91 Å². The van der Waals surface area contributed by atoms with Crippen LogP contribution in [-0.2, 0) is 6.42 Å². The van der Waals surface area contributed by atoms with Crippen LogP contribution in [0.1, 0.15) is 27.3 Å². The molecule has 0 aliphatic rings. The Hall–Kier alpha value is -2.67. The van der Waals surface area contributed by atoms with Gasteiger partial charge in [-0.3, -0.25) is 4.79 Å². The van der Waals surface area contributed by atoms with E-state index in [0.29, 0.717) is 6.54 Å². The molecule has 2 rings (SSSR count). The maximum Gasteiger partial charge on any atom is 0.269 e.